The van der Waals surface area contributed by atoms with Crippen LogP contribution in [0.1, 0.15) is 84.0 Å². The highest BCUT2D eigenvalue weighted by Gasteiger charge is 2.25. The fourth-order valence-corrected chi connectivity index (χ4v) is 7.69. The molecule has 0 saturated carbocycles. The number of hydrogen-bond donors (Lipinski definition) is 1. The van der Waals surface area contributed by atoms with Gasteiger partial charge in [-0.05, 0) is 18.4 Å². The number of carboxylic acid groups (broad SMARTS) is 1. The molecular weight excluding hydrogens is 1210 g/mol. The Hall–Kier alpha value is -2.47. The maximum Gasteiger partial charge on any atom is 0.314 e. The second-order valence-electron chi connectivity index (χ2n) is 20.1. The average molecular weight is 1340 g/mol. The van der Waals surface area contributed by atoms with Gasteiger partial charge in [0, 0.05) is 24.5 Å². The van der Waals surface area contributed by atoms with Gasteiger partial charge in [-0.1, -0.05) is 69.8 Å². The highest BCUT2D eigenvalue weighted by molar-refractivity contribution is 5.98. The van der Waals surface area contributed by atoms with Gasteiger partial charge in [-0.15, -0.1) is 0 Å². The van der Waals surface area contributed by atoms with Gasteiger partial charge in [0.2, 0.25) is 0 Å². The molecule has 1 unspecified atom stereocenters. The Kier molecular flexibility index (Phi) is 80.5. The summed E-state index contributed by atoms with van der Waals surface area (Å²) >= 11 is 0. The topological polar surface area (TPSA) is 315 Å². The van der Waals surface area contributed by atoms with E-state index in [2.05, 4.69) is 16.9 Å². The van der Waals surface area contributed by atoms with Crippen molar-refractivity contribution in [1.82, 2.24) is 0 Å². The van der Waals surface area contributed by atoms with E-state index in [1.165, 1.54) is 38.5 Å². The molecule has 0 fully saturated rings. The predicted octanol–water partition coefficient (Wildman–Crippen LogP) is 5.65. The van der Waals surface area contributed by atoms with E-state index in [0.29, 0.717) is 323 Å². The van der Waals surface area contributed by atoms with Crippen molar-refractivity contribution in [2.45, 2.75) is 84.0 Å². The lowest BCUT2D eigenvalue weighted by molar-refractivity contribution is -0.146. The zero-order valence-corrected chi connectivity index (χ0v) is 56.3. The summed E-state index contributed by atoms with van der Waals surface area (Å²) in [5.74, 6) is -2.13. The minimum absolute atomic E-state index is 0.205. The molecule has 0 aliphatic heterocycles. The van der Waals surface area contributed by atoms with E-state index in [4.69, 9.17) is 114 Å². The Morgan fingerprint density at radius 2 is 0.467 bits per heavy atom. The first-order chi connectivity index (χ1) is 45.6. The van der Waals surface area contributed by atoms with Crippen molar-refractivity contribution in [1.29, 1.82) is 0 Å². The lowest BCUT2D eigenvalue weighted by atomic mass is 9.94. The van der Waals surface area contributed by atoms with Crippen LogP contribution in [0.5, 0.6) is 0 Å². The van der Waals surface area contributed by atoms with Crippen LogP contribution >= 0.6 is 0 Å². The van der Waals surface area contributed by atoms with Gasteiger partial charge < -0.3 is 114 Å². The van der Waals surface area contributed by atoms with Crippen LogP contribution in [0.2, 0.25) is 0 Å². The fraction of sp³-hybridized carbons (Fsp3) is 0.968. The van der Waals surface area contributed by atoms with Crippen LogP contribution in [0.25, 0.3) is 10.4 Å². The van der Waals surface area contributed by atoms with Gasteiger partial charge in [-0.3, -0.25) is 9.59 Å². The number of ether oxygens (including phenoxy) is 23. The molecule has 0 aromatic heterocycles. The summed E-state index contributed by atoms with van der Waals surface area (Å²) in [6.45, 7) is 24.0. The van der Waals surface area contributed by atoms with E-state index >= 15 is 0 Å². The fourth-order valence-electron chi connectivity index (χ4n) is 7.69. The summed E-state index contributed by atoms with van der Waals surface area (Å²) in [6.07, 6.45) is 11.5. The molecular formula is C63H123N3O26. The van der Waals surface area contributed by atoms with Crippen molar-refractivity contribution in [3.05, 3.63) is 10.4 Å². The van der Waals surface area contributed by atoms with Crippen molar-refractivity contribution in [3.8, 4) is 0 Å². The second-order valence-corrected chi connectivity index (χ2v) is 20.1. The molecule has 0 aliphatic rings. The monoisotopic (exact) mass is 1340 g/mol. The van der Waals surface area contributed by atoms with Crippen LogP contribution in [0, 0.1) is 5.92 Å². The molecule has 0 aromatic rings. The van der Waals surface area contributed by atoms with Crippen LogP contribution in [0.4, 0.5) is 0 Å². The van der Waals surface area contributed by atoms with Crippen molar-refractivity contribution in [2.24, 2.45) is 11.0 Å². The molecule has 0 aliphatic carbocycles. The normalized spacial score (nSPS) is 11.9. The number of unbranched alkanes of at least 4 members (excludes halogenated alkanes) is 8. The molecule has 29 heteroatoms. The lowest BCUT2D eigenvalue weighted by Crippen LogP contribution is -2.24. The molecule has 0 saturated heterocycles. The molecule has 0 rings (SSSR count). The van der Waals surface area contributed by atoms with E-state index in [1.807, 2.05) is 0 Å². The first kappa shape index (κ1) is 89.5. The number of azide groups is 1. The Morgan fingerprint density at radius 1 is 0.283 bits per heavy atom. The minimum Gasteiger partial charge on any atom is -0.481 e. The lowest BCUT2D eigenvalue weighted by Gasteiger charge is -2.11. The maximum atomic E-state index is 12.5. The summed E-state index contributed by atoms with van der Waals surface area (Å²) in [5.41, 5.74) is 8.18. The Bertz CT molecular complexity index is 1490. The number of carbonyl (C=O) groups is 2. The molecule has 0 aromatic carbocycles. The number of carbonyl (C=O) groups excluding carboxylic acids is 1. The number of Topliss-reactive ketones (excluding diaryl/α,β-unsaturated/α-hetero) is 1. The quantitative estimate of drug-likeness (QED) is 0.0253. The third-order valence-electron chi connectivity index (χ3n) is 12.6. The third-order valence-corrected chi connectivity index (χ3v) is 12.6. The number of rotatable bonds is 85. The van der Waals surface area contributed by atoms with Gasteiger partial charge in [0.05, 0.1) is 297 Å². The first-order valence-corrected chi connectivity index (χ1v) is 33.7. The van der Waals surface area contributed by atoms with Gasteiger partial charge in [0.15, 0.2) is 0 Å². The SMILES string of the molecule is CCCCCCCCCCCC(C(=O)O)C(=O)CCCOCCOCCOCCOCCOCCOCCOCCOCCOCCOCCOCCOCCOCCOCCOCCOCCOCCOCCOCCOCCOCCOCCOCCN=[N+]=[N-]. The molecule has 1 atom stereocenters. The van der Waals surface area contributed by atoms with E-state index in [-0.39, 0.29) is 12.2 Å². The molecule has 0 amide bonds. The van der Waals surface area contributed by atoms with E-state index in [1.54, 1.807) is 0 Å². The molecule has 29 nitrogen and oxygen atoms in total. The zero-order chi connectivity index (χ0) is 66.1. The molecule has 1 N–H and O–H groups in total. The van der Waals surface area contributed by atoms with E-state index < -0.39 is 11.9 Å². The predicted molar refractivity (Wildman–Crippen MR) is 340 cm³/mol. The molecule has 0 spiro atoms. The second kappa shape index (κ2) is 82.8. The van der Waals surface area contributed by atoms with Crippen LogP contribution < -0.4 is 0 Å². The van der Waals surface area contributed by atoms with Crippen LogP contribution in [0.3, 0.4) is 0 Å². The third kappa shape index (κ3) is 78.2. The Morgan fingerprint density at radius 3 is 0.663 bits per heavy atom. The summed E-state index contributed by atoms with van der Waals surface area (Å²) in [6, 6.07) is 0. The largest absolute Gasteiger partial charge is 0.481 e. The minimum atomic E-state index is -1.02. The van der Waals surface area contributed by atoms with Crippen LogP contribution in [0.15, 0.2) is 5.11 Å². The highest BCUT2D eigenvalue weighted by atomic mass is 16.6. The van der Waals surface area contributed by atoms with Crippen molar-refractivity contribution >= 4 is 11.8 Å². The number of ketones is 1. The standard InChI is InChI=1S/C63H123N3O26/c1-2-3-4-5-6-7-8-9-10-12-61(63(68)69)62(67)13-11-15-70-17-19-72-21-23-74-25-27-76-29-31-78-33-35-80-37-39-82-41-43-84-45-47-86-49-51-88-53-55-90-57-59-92-60-58-91-56-54-89-52-50-87-48-46-85-44-42-83-40-38-81-36-34-79-32-30-77-28-26-75-24-22-73-20-18-71-16-14-65-66-64/h61H,2-60H2,1H3,(H,68,69). The maximum absolute atomic E-state index is 12.5. The van der Waals surface area contributed by atoms with Gasteiger partial charge in [0.1, 0.15) is 11.7 Å². The number of carboxylic acids is 1. The summed E-state index contributed by atoms with van der Waals surface area (Å²) in [5, 5.41) is 12.9. The molecule has 0 bridgehead atoms. The number of hydrogen-bond acceptors (Lipinski definition) is 26. The van der Waals surface area contributed by atoms with Crippen LogP contribution in [-0.4, -0.2) is 327 Å². The summed E-state index contributed by atoms with van der Waals surface area (Å²) < 4.78 is 126. The van der Waals surface area contributed by atoms with Gasteiger partial charge >= 0.3 is 5.97 Å². The first-order valence-electron chi connectivity index (χ1n) is 33.7. The van der Waals surface area contributed by atoms with Gasteiger partial charge in [-0.25, -0.2) is 0 Å². The van der Waals surface area contributed by atoms with Crippen LogP contribution in [-0.2, 0) is 119 Å². The number of nitrogens with zero attached hydrogens (tertiary/aromatic N) is 3. The zero-order valence-electron chi connectivity index (χ0n) is 56.3. The summed E-state index contributed by atoms with van der Waals surface area (Å²) in [7, 11) is 0. The highest BCUT2D eigenvalue weighted by Crippen LogP contribution is 2.17. The Labute approximate surface area is 549 Å². The molecule has 92 heavy (non-hydrogen) atoms. The summed E-state index contributed by atoms with van der Waals surface area (Å²) in [4.78, 5) is 26.8. The molecule has 546 valence electrons. The van der Waals surface area contributed by atoms with E-state index in [0.717, 1.165) is 19.3 Å². The van der Waals surface area contributed by atoms with Gasteiger partial charge in [-0.2, -0.15) is 0 Å². The number of aliphatic carboxylic acids is 1. The van der Waals surface area contributed by atoms with Crippen molar-refractivity contribution < 1.29 is 124 Å². The molecule has 0 heterocycles. The van der Waals surface area contributed by atoms with Gasteiger partial charge in [0.25, 0.3) is 0 Å². The molecule has 0 radical (unpaired) electrons. The van der Waals surface area contributed by atoms with E-state index in [9.17, 15) is 14.7 Å². The van der Waals surface area contributed by atoms with Crippen molar-refractivity contribution in [2.75, 3.05) is 310 Å². The Balaban J connectivity index is 3.17. The average Bonchev–Trinajstić information content (AvgIpc) is 3.77. The van der Waals surface area contributed by atoms with Crippen molar-refractivity contribution in [3.63, 3.8) is 0 Å². The smallest absolute Gasteiger partial charge is 0.314 e.